The Morgan fingerprint density at radius 3 is 1.56 bits per heavy atom. The van der Waals surface area contributed by atoms with Crippen molar-refractivity contribution < 1.29 is 21.8 Å². The Morgan fingerprint density at radius 1 is 0.741 bits per heavy atom. The van der Waals surface area contributed by atoms with Crippen molar-refractivity contribution in [3.8, 4) is 0 Å². The van der Waals surface area contributed by atoms with Gasteiger partial charge in [0.05, 0.1) is 37.6 Å². The molecule has 4 heteroatoms. The summed E-state index contributed by atoms with van der Waals surface area (Å²) in [5, 5.41) is 0. The molecule has 5 rings (SSSR count). The summed E-state index contributed by atoms with van der Waals surface area (Å²) in [7, 11) is 3.69. The van der Waals surface area contributed by atoms with Crippen LogP contribution in [0.25, 0.3) is 0 Å². The van der Waals surface area contributed by atoms with Crippen LogP contribution in [0.3, 0.4) is 0 Å². The summed E-state index contributed by atoms with van der Waals surface area (Å²) >= 11 is 0. The molecule has 5 fully saturated rings. The van der Waals surface area contributed by atoms with E-state index in [9.17, 15) is 0 Å². The molecule has 27 heavy (non-hydrogen) atoms. The second-order valence-electron chi connectivity index (χ2n) is 9.22. The second-order valence-corrected chi connectivity index (χ2v) is 9.22. The fourth-order valence-corrected chi connectivity index (χ4v) is 4.76. The molecule has 0 spiro atoms. The zero-order valence-electron chi connectivity index (χ0n) is 18.6. The zero-order chi connectivity index (χ0) is 19.8. The van der Waals surface area contributed by atoms with Crippen molar-refractivity contribution >= 4 is 0 Å². The summed E-state index contributed by atoms with van der Waals surface area (Å²) < 4.78 is 20.2. The molecule has 0 radical (unpaired) electrons. The Hall–Kier alpha value is -0.160. The van der Waals surface area contributed by atoms with E-state index in [1.165, 1.54) is 44.9 Å². The third kappa shape index (κ3) is 8.39. The molecule has 5 aliphatic rings. The maximum Gasteiger partial charge on any atom is 0.0781 e. The smallest absolute Gasteiger partial charge is 0.0781 e. The van der Waals surface area contributed by atoms with E-state index in [1.54, 1.807) is 0 Å². The lowest BCUT2D eigenvalue weighted by atomic mass is 9.88. The van der Waals surface area contributed by atoms with Gasteiger partial charge in [-0.3, -0.25) is 0 Å². The first-order valence-corrected chi connectivity index (χ1v) is 11.2. The van der Waals surface area contributed by atoms with Crippen molar-refractivity contribution in [2.45, 2.75) is 97.1 Å². The second kappa shape index (κ2) is 11.7. The Morgan fingerprint density at radius 2 is 1.26 bits per heavy atom. The van der Waals surface area contributed by atoms with E-state index >= 15 is 0 Å². The van der Waals surface area contributed by atoms with Crippen LogP contribution in [0.15, 0.2) is 0 Å². The summed E-state index contributed by atoms with van der Waals surface area (Å²) in [5.41, 5.74) is 0. The number of epoxide rings is 2. The van der Waals surface area contributed by atoms with Crippen LogP contribution in [0.1, 0.15) is 75.5 Å². The molecule has 2 heterocycles. The first kappa shape index (κ1) is 23.1. The van der Waals surface area contributed by atoms with Gasteiger partial charge in [-0.2, -0.15) is 0 Å². The molecule has 2 bridgehead atoms. The van der Waals surface area contributed by atoms with E-state index in [0.29, 0.717) is 24.4 Å². The topological polar surface area (TPSA) is 43.5 Å². The quantitative estimate of drug-likeness (QED) is 0.579. The highest BCUT2D eigenvalue weighted by molar-refractivity contribution is 4.95. The first-order chi connectivity index (χ1) is 13.0. The van der Waals surface area contributed by atoms with Gasteiger partial charge in [-0.25, -0.2) is 0 Å². The van der Waals surface area contributed by atoms with Gasteiger partial charge in [0.15, 0.2) is 0 Å². The molecule has 2 saturated heterocycles. The van der Waals surface area contributed by atoms with Crippen LogP contribution in [0, 0.1) is 23.7 Å². The van der Waals surface area contributed by atoms with Crippen LogP contribution in [0.2, 0.25) is 0 Å². The SMILES string of the molecule is CC1CO1.CC1CO1.COC1C2CCC(C2)C1C.COC1CCCCC1C.[HH].[HH]. The van der Waals surface area contributed by atoms with Crippen molar-refractivity contribution in [2.75, 3.05) is 27.4 Å². The molecule has 0 N–H and O–H groups in total. The van der Waals surface area contributed by atoms with Gasteiger partial charge in [0.25, 0.3) is 0 Å². The molecular weight excluding hydrogens is 340 g/mol. The van der Waals surface area contributed by atoms with Crippen LogP contribution < -0.4 is 0 Å². The molecule has 8 atom stereocenters. The number of methoxy groups -OCH3 is 2. The molecule has 3 aliphatic carbocycles. The predicted molar refractivity (Wildman–Crippen MR) is 114 cm³/mol. The molecule has 164 valence electrons. The molecule has 2 aliphatic heterocycles. The van der Waals surface area contributed by atoms with Gasteiger partial charge < -0.3 is 18.9 Å². The highest BCUT2D eigenvalue weighted by Crippen LogP contribution is 2.49. The maximum absolute atomic E-state index is 5.46. The summed E-state index contributed by atoms with van der Waals surface area (Å²) in [5.74, 6) is 3.53. The standard InChI is InChI=1S/C9H16O.C8H16O.2C3H6O.2H2/c1-6-7-3-4-8(5-7)9(6)10-2;1-7-5-3-4-6-8(7)9-2;2*1-3-2-4-3;;/h6-9H,3-5H2,1-2H3;7-8H,3-6H2,1-2H3;2*3H,2H2,1H3;2*1H. The third-order valence-corrected chi connectivity index (χ3v) is 6.85. The van der Waals surface area contributed by atoms with E-state index in [2.05, 4.69) is 27.7 Å². The van der Waals surface area contributed by atoms with Crippen molar-refractivity contribution in [2.24, 2.45) is 23.7 Å². The molecule has 0 amide bonds. The Labute approximate surface area is 170 Å². The van der Waals surface area contributed by atoms with Crippen LogP contribution >= 0.6 is 0 Å². The highest BCUT2D eigenvalue weighted by Gasteiger charge is 2.45. The summed E-state index contributed by atoms with van der Waals surface area (Å²) in [6.45, 7) is 10.7. The van der Waals surface area contributed by atoms with Gasteiger partial charge in [0.1, 0.15) is 0 Å². The molecule has 0 aromatic rings. The van der Waals surface area contributed by atoms with Gasteiger partial charge in [-0.15, -0.1) is 0 Å². The number of hydrogen-bond donors (Lipinski definition) is 0. The Balaban J connectivity index is 0.000000378. The van der Waals surface area contributed by atoms with E-state index in [-0.39, 0.29) is 2.85 Å². The minimum atomic E-state index is 0. The molecular formula is C23H48O4. The first-order valence-electron chi connectivity index (χ1n) is 11.2. The van der Waals surface area contributed by atoms with Crippen molar-refractivity contribution in [1.82, 2.24) is 0 Å². The molecule has 0 aromatic heterocycles. The zero-order valence-corrected chi connectivity index (χ0v) is 18.6. The molecule has 0 aromatic carbocycles. The Kier molecular flexibility index (Phi) is 10.1. The van der Waals surface area contributed by atoms with Crippen LogP contribution in [0.4, 0.5) is 0 Å². The van der Waals surface area contributed by atoms with Crippen molar-refractivity contribution in [3.05, 3.63) is 0 Å². The number of rotatable bonds is 2. The van der Waals surface area contributed by atoms with Gasteiger partial charge in [-0.05, 0) is 69.6 Å². The van der Waals surface area contributed by atoms with Gasteiger partial charge in [0, 0.05) is 17.1 Å². The lowest BCUT2D eigenvalue weighted by Crippen LogP contribution is -2.26. The summed E-state index contributed by atoms with van der Waals surface area (Å²) in [6.07, 6.45) is 12.1. The van der Waals surface area contributed by atoms with Crippen molar-refractivity contribution in [1.29, 1.82) is 0 Å². The monoisotopic (exact) mass is 388 g/mol. The number of fused-ring (bicyclic) bond motifs is 2. The third-order valence-electron chi connectivity index (χ3n) is 6.85. The number of hydrogen-bond acceptors (Lipinski definition) is 4. The lowest BCUT2D eigenvalue weighted by Gasteiger charge is -2.26. The van der Waals surface area contributed by atoms with E-state index in [4.69, 9.17) is 18.9 Å². The minimum absolute atomic E-state index is 0. The molecule has 8 unspecified atom stereocenters. The van der Waals surface area contributed by atoms with Crippen LogP contribution in [-0.4, -0.2) is 51.8 Å². The van der Waals surface area contributed by atoms with Crippen LogP contribution in [0.5, 0.6) is 0 Å². The summed E-state index contributed by atoms with van der Waals surface area (Å²) in [6, 6.07) is 0. The largest absolute Gasteiger partial charge is 0.381 e. The summed E-state index contributed by atoms with van der Waals surface area (Å²) in [4.78, 5) is 0. The fourth-order valence-electron chi connectivity index (χ4n) is 4.76. The van der Waals surface area contributed by atoms with Crippen molar-refractivity contribution in [3.63, 3.8) is 0 Å². The highest BCUT2D eigenvalue weighted by atomic mass is 16.6. The lowest BCUT2D eigenvalue weighted by molar-refractivity contribution is 0.0209. The van der Waals surface area contributed by atoms with E-state index in [1.807, 2.05) is 14.2 Å². The molecule has 4 nitrogen and oxygen atoms in total. The average Bonchev–Trinajstić information content (AvgIpc) is 3.56. The van der Waals surface area contributed by atoms with Gasteiger partial charge in [-0.1, -0.05) is 26.7 Å². The maximum atomic E-state index is 5.46. The minimum Gasteiger partial charge on any atom is -0.381 e. The van der Waals surface area contributed by atoms with Gasteiger partial charge >= 0.3 is 0 Å². The van der Waals surface area contributed by atoms with Crippen LogP contribution in [-0.2, 0) is 18.9 Å². The fraction of sp³-hybridized carbons (Fsp3) is 1.00. The number of ether oxygens (including phenoxy) is 4. The molecule has 3 saturated carbocycles. The van der Waals surface area contributed by atoms with E-state index in [0.717, 1.165) is 36.9 Å². The van der Waals surface area contributed by atoms with E-state index < -0.39 is 0 Å². The Bertz CT molecular complexity index is 392. The normalized spacial score (nSPS) is 43.3. The average molecular weight is 389 g/mol. The van der Waals surface area contributed by atoms with Gasteiger partial charge in [0.2, 0.25) is 0 Å². The predicted octanol–water partition coefficient (Wildman–Crippen LogP) is 5.58.